The molecular weight excluding hydrogens is 148 g/mol. The van der Waals surface area contributed by atoms with Gasteiger partial charge in [-0.25, -0.2) is 4.79 Å². The highest BCUT2D eigenvalue weighted by atomic mass is 16.4. The van der Waals surface area contributed by atoms with E-state index in [0.29, 0.717) is 13.1 Å². The number of hydrogen-bond acceptors (Lipinski definition) is 3. The number of carbonyl (C=O) groups excluding carboxylic acids is 1. The van der Waals surface area contributed by atoms with Crippen molar-refractivity contribution in [1.29, 1.82) is 0 Å². The van der Waals surface area contributed by atoms with E-state index in [4.69, 9.17) is 10.8 Å². The Kier molecular flexibility index (Phi) is 4.76. The summed E-state index contributed by atoms with van der Waals surface area (Å²) < 4.78 is 0. The van der Waals surface area contributed by atoms with Crippen molar-refractivity contribution in [3.8, 4) is 0 Å². The average molecular weight is 158 g/mol. The van der Waals surface area contributed by atoms with Crippen LogP contribution < -0.4 is 11.1 Å². The highest BCUT2D eigenvalue weighted by Gasteiger charge is 1.93. The Morgan fingerprint density at radius 3 is 2.55 bits per heavy atom. The van der Waals surface area contributed by atoms with Crippen molar-refractivity contribution in [3.63, 3.8) is 0 Å². The molecule has 4 N–H and O–H groups in total. The fourth-order valence-electron chi connectivity index (χ4n) is 0.401. The smallest absolute Gasteiger partial charge is 0.328 e. The molecule has 0 aromatic heterocycles. The molecule has 0 atom stereocenters. The Morgan fingerprint density at radius 2 is 2.09 bits per heavy atom. The van der Waals surface area contributed by atoms with Crippen molar-refractivity contribution in [1.82, 2.24) is 5.32 Å². The number of aliphatic carboxylic acids is 1. The first kappa shape index (κ1) is 9.64. The van der Waals surface area contributed by atoms with Crippen LogP contribution in [0.15, 0.2) is 12.2 Å². The van der Waals surface area contributed by atoms with Crippen LogP contribution in [-0.4, -0.2) is 30.1 Å². The molecule has 0 aliphatic heterocycles. The molecule has 62 valence electrons. The second-order valence-electron chi connectivity index (χ2n) is 1.75. The van der Waals surface area contributed by atoms with Gasteiger partial charge in [-0.3, -0.25) is 4.79 Å². The Balaban J connectivity index is 3.60. The van der Waals surface area contributed by atoms with Crippen molar-refractivity contribution >= 4 is 11.9 Å². The molecule has 0 spiro atoms. The summed E-state index contributed by atoms with van der Waals surface area (Å²) >= 11 is 0. The maximum Gasteiger partial charge on any atom is 0.328 e. The molecule has 0 aliphatic rings. The van der Waals surface area contributed by atoms with Crippen LogP contribution in [0.3, 0.4) is 0 Å². The van der Waals surface area contributed by atoms with Gasteiger partial charge in [-0.05, 0) is 0 Å². The fourth-order valence-corrected chi connectivity index (χ4v) is 0.401. The van der Waals surface area contributed by atoms with Crippen LogP contribution in [0.2, 0.25) is 0 Å². The van der Waals surface area contributed by atoms with Gasteiger partial charge < -0.3 is 16.2 Å². The first-order valence-corrected chi connectivity index (χ1v) is 3.05. The number of nitrogens with one attached hydrogen (secondary N) is 1. The Morgan fingerprint density at radius 1 is 1.45 bits per heavy atom. The number of rotatable bonds is 4. The molecule has 11 heavy (non-hydrogen) atoms. The van der Waals surface area contributed by atoms with Gasteiger partial charge in [0.2, 0.25) is 5.91 Å². The number of amides is 1. The van der Waals surface area contributed by atoms with Gasteiger partial charge in [0.1, 0.15) is 0 Å². The van der Waals surface area contributed by atoms with E-state index in [9.17, 15) is 9.59 Å². The molecule has 0 saturated heterocycles. The molecular formula is C6H10N2O3. The normalized spacial score (nSPS) is 9.91. The van der Waals surface area contributed by atoms with Gasteiger partial charge >= 0.3 is 5.97 Å². The number of carbonyl (C=O) groups is 2. The monoisotopic (exact) mass is 158 g/mol. The minimum Gasteiger partial charge on any atom is -0.478 e. The van der Waals surface area contributed by atoms with Crippen LogP contribution in [0, 0.1) is 0 Å². The lowest BCUT2D eigenvalue weighted by Crippen LogP contribution is -2.27. The van der Waals surface area contributed by atoms with Crippen LogP contribution in [0.5, 0.6) is 0 Å². The zero-order valence-electron chi connectivity index (χ0n) is 5.91. The molecule has 0 radical (unpaired) electrons. The van der Waals surface area contributed by atoms with E-state index in [-0.39, 0.29) is 0 Å². The van der Waals surface area contributed by atoms with Crippen LogP contribution >= 0.6 is 0 Å². The summed E-state index contributed by atoms with van der Waals surface area (Å²) in [4.78, 5) is 20.5. The van der Waals surface area contributed by atoms with Gasteiger partial charge in [0.15, 0.2) is 0 Å². The molecule has 0 fully saturated rings. The number of nitrogens with two attached hydrogens (primary N) is 1. The zero-order valence-corrected chi connectivity index (χ0v) is 5.91. The molecule has 0 aromatic carbocycles. The molecule has 0 aromatic rings. The van der Waals surface area contributed by atoms with Crippen molar-refractivity contribution in [2.75, 3.05) is 13.1 Å². The summed E-state index contributed by atoms with van der Waals surface area (Å²) in [5.74, 6) is -1.59. The molecule has 5 nitrogen and oxygen atoms in total. The van der Waals surface area contributed by atoms with E-state index in [1.807, 2.05) is 0 Å². The molecule has 5 heteroatoms. The lowest BCUT2D eigenvalue weighted by Gasteiger charge is -1.95. The third kappa shape index (κ3) is 6.53. The molecule has 0 heterocycles. The van der Waals surface area contributed by atoms with Gasteiger partial charge in [0.25, 0.3) is 0 Å². The zero-order chi connectivity index (χ0) is 8.69. The predicted molar refractivity (Wildman–Crippen MR) is 38.8 cm³/mol. The predicted octanol–water partition coefficient (Wildman–Crippen LogP) is -1.30. The molecule has 0 aliphatic carbocycles. The summed E-state index contributed by atoms with van der Waals surface area (Å²) in [6.07, 6.45) is 1.71. The Labute approximate surface area is 63.9 Å². The topological polar surface area (TPSA) is 92.4 Å². The fraction of sp³-hybridized carbons (Fsp3) is 0.333. The van der Waals surface area contributed by atoms with Gasteiger partial charge in [0, 0.05) is 25.2 Å². The summed E-state index contributed by atoms with van der Waals surface area (Å²) in [5.41, 5.74) is 5.08. The average Bonchev–Trinajstić information content (AvgIpc) is 1.97. The van der Waals surface area contributed by atoms with Crippen molar-refractivity contribution in [3.05, 3.63) is 12.2 Å². The van der Waals surface area contributed by atoms with E-state index in [1.165, 1.54) is 0 Å². The van der Waals surface area contributed by atoms with Crippen LogP contribution in [-0.2, 0) is 9.59 Å². The second kappa shape index (κ2) is 5.43. The molecule has 0 unspecified atom stereocenters. The minimum absolute atomic E-state index is 0.340. The SMILES string of the molecule is NCCNC(=O)/C=C/C(=O)O. The molecule has 0 rings (SSSR count). The van der Waals surface area contributed by atoms with Crippen molar-refractivity contribution < 1.29 is 14.7 Å². The standard InChI is InChI=1S/C6H10N2O3/c7-3-4-8-5(9)1-2-6(10)11/h1-2H,3-4,7H2,(H,8,9)(H,10,11)/b2-1+. The van der Waals surface area contributed by atoms with E-state index >= 15 is 0 Å². The Bertz CT molecular complexity index is 177. The maximum atomic E-state index is 10.6. The first-order valence-electron chi connectivity index (χ1n) is 3.05. The first-order chi connectivity index (χ1) is 5.16. The van der Waals surface area contributed by atoms with E-state index in [1.54, 1.807) is 0 Å². The lowest BCUT2D eigenvalue weighted by atomic mass is 10.4. The van der Waals surface area contributed by atoms with E-state index < -0.39 is 11.9 Å². The van der Waals surface area contributed by atoms with Crippen LogP contribution in [0.25, 0.3) is 0 Å². The van der Waals surface area contributed by atoms with Crippen molar-refractivity contribution in [2.24, 2.45) is 5.73 Å². The van der Waals surface area contributed by atoms with E-state index in [0.717, 1.165) is 12.2 Å². The maximum absolute atomic E-state index is 10.6. The van der Waals surface area contributed by atoms with Gasteiger partial charge in [0.05, 0.1) is 0 Å². The third-order valence-electron chi connectivity index (χ3n) is 0.821. The van der Waals surface area contributed by atoms with Crippen LogP contribution in [0.4, 0.5) is 0 Å². The summed E-state index contributed by atoms with van der Waals surface area (Å²) in [6, 6.07) is 0. The van der Waals surface area contributed by atoms with Crippen LogP contribution in [0.1, 0.15) is 0 Å². The van der Waals surface area contributed by atoms with Gasteiger partial charge in [-0.2, -0.15) is 0 Å². The van der Waals surface area contributed by atoms with Gasteiger partial charge in [-0.15, -0.1) is 0 Å². The summed E-state index contributed by atoms with van der Waals surface area (Å²) in [6.45, 7) is 0.690. The largest absolute Gasteiger partial charge is 0.478 e. The second-order valence-corrected chi connectivity index (χ2v) is 1.75. The summed E-state index contributed by atoms with van der Waals surface area (Å²) in [7, 11) is 0. The number of hydrogen-bond donors (Lipinski definition) is 3. The van der Waals surface area contributed by atoms with Crippen molar-refractivity contribution in [2.45, 2.75) is 0 Å². The highest BCUT2D eigenvalue weighted by Crippen LogP contribution is 1.72. The van der Waals surface area contributed by atoms with E-state index in [2.05, 4.69) is 5.32 Å². The molecule has 0 saturated carbocycles. The molecule has 1 amide bonds. The quantitative estimate of drug-likeness (QED) is 0.443. The lowest BCUT2D eigenvalue weighted by molar-refractivity contribution is -0.131. The Hall–Kier alpha value is -1.36. The minimum atomic E-state index is -1.15. The number of carboxylic acid groups (broad SMARTS) is 1. The third-order valence-corrected chi connectivity index (χ3v) is 0.821. The number of carboxylic acids is 1. The highest BCUT2D eigenvalue weighted by molar-refractivity contribution is 5.93. The summed E-state index contributed by atoms with van der Waals surface area (Å²) in [5, 5.41) is 10.5. The molecule has 0 bridgehead atoms. The van der Waals surface area contributed by atoms with Gasteiger partial charge in [-0.1, -0.05) is 0 Å².